The second kappa shape index (κ2) is 9.96. The molecule has 5 saturated carbocycles. The highest BCUT2D eigenvalue weighted by atomic mass is 16.5. The first-order valence-electron chi connectivity index (χ1n) is 16.1. The van der Waals surface area contributed by atoms with Crippen LogP contribution in [0.2, 0.25) is 0 Å². The van der Waals surface area contributed by atoms with Crippen LogP contribution in [0.1, 0.15) is 106 Å². The standard InChI is InChI=1S/C33H58O5/c1-17-8-13-23(21-9-11-22(12-10-21)30(37)38)24-15-31(5)16-32(6)14-18(2)25(20(4)34)29(36)33(32,7)19(3)27(31)28(35)26(17)24/h17-30,34-38H,8-16H2,1-7H3. The van der Waals surface area contributed by atoms with Gasteiger partial charge < -0.3 is 25.5 Å². The van der Waals surface area contributed by atoms with E-state index in [1.54, 1.807) is 0 Å². The molecule has 0 heterocycles. The van der Waals surface area contributed by atoms with E-state index in [1.165, 1.54) is 12.8 Å². The van der Waals surface area contributed by atoms with Gasteiger partial charge in [0.2, 0.25) is 0 Å². The first-order chi connectivity index (χ1) is 17.7. The van der Waals surface area contributed by atoms with Gasteiger partial charge in [0.1, 0.15) is 0 Å². The third-order valence-electron chi connectivity index (χ3n) is 14.3. The molecule has 0 spiro atoms. The zero-order valence-corrected chi connectivity index (χ0v) is 25.2. The van der Waals surface area contributed by atoms with Gasteiger partial charge >= 0.3 is 0 Å². The summed E-state index contributed by atoms with van der Waals surface area (Å²) in [6.45, 7) is 15.9. The molecule has 0 radical (unpaired) electrons. The molecule has 0 aromatic rings. The Bertz CT molecular complexity index is 852. The zero-order valence-electron chi connectivity index (χ0n) is 25.2. The lowest BCUT2D eigenvalue weighted by Crippen LogP contribution is -2.70. The molecule has 14 unspecified atom stereocenters. The van der Waals surface area contributed by atoms with Crippen LogP contribution in [-0.2, 0) is 0 Å². The van der Waals surface area contributed by atoms with E-state index >= 15 is 0 Å². The molecular formula is C33H58O5. The normalized spacial score (nSPS) is 58.0. The van der Waals surface area contributed by atoms with Gasteiger partial charge in [0.05, 0.1) is 18.3 Å². The summed E-state index contributed by atoms with van der Waals surface area (Å²) in [5.41, 5.74) is -0.362. The van der Waals surface area contributed by atoms with E-state index in [1.807, 2.05) is 6.92 Å². The minimum Gasteiger partial charge on any atom is -0.393 e. The predicted molar refractivity (Wildman–Crippen MR) is 150 cm³/mol. The van der Waals surface area contributed by atoms with Gasteiger partial charge in [0, 0.05) is 17.3 Å². The molecule has 5 nitrogen and oxygen atoms in total. The highest BCUT2D eigenvalue weighted by molar-refractivity contribution is 5.18. The monoisotopic (exact) mass is 534 g/mol. The van der Waals surface area contributed by atoms with Crippen LogP contribution in [0.25, 0.3) is 0 Å². The first kappa shape index (κ1) is 29.3. The molecule has 5 N–H and O–H groups in total. The van der Waals surface area contributed by atoms with E-state index in [0.29, 0.717) is 29.6 Å². The Kier molecular flexibility index (Phi) is 7.68. The molecule has 5 heteroatoms. The van der Waals surface area contributed by atoms with Crippen molar-refractivity contribution in [3.63, 3.8) is 0 Å². The van der Waals surface area contributed by atoms with Crippen molar-refractivity contribution in [3.8, 4) is 0 Å². The Morgan fingerprint density at radius 3 is 1.97 bits per heavy atom. The van der Waals surface area contributed by atoms with E-state index in [0.717, 1.165) is 44.9 Å². The summed E-state index contributed by atoms with van der Waals surface area (Å²) in [5, 5.41) is 54.4. The summed E-state index contributed by atoms with van der Waals surface area (Å²) in [7, 11) is 0. The van der Waals surface area contributed by atoms with Gasteiger partial charge in [0.25, 0.3) is 0 Å². The van der Waals surface area contributed by atoms with Crippen molar-refractivity contribution in [1.82, 2.24) is 0 Å². The Morgan fingerprint density at radius 2 is 1.39 bits per heavy atom. The third-order valence-corrected chi connectivity index (χ3v) is 14.3. The lowest BCUT2D eigenvalue weighted by Gasteiger charge is -2.72. The molecule has 220 valence electrons. The Balaban J connectivity index is 1.47. The fourth-order valence-corrected chi connectivity index (χ4v) is 12.5. The number of hydrogen-bond acceptors (Lipinski definition) is 5. The number of fused-ring (bicyclic) bond motifs is 3. The van der Waals surface area contributed by atoms with Crippen LogP contribution < -0.4 is 0 Å². The van der Waals surface area contributed by atoms with E-state index in [9.17, 15) is 25.5 Å². The second-order valence-corrected chi connectivity index (χ2v) is 16.2. The molecule has 5 fully saturated rings. The van der Waals surface area contributed by atoms with Gasteiger partial charge in [-0.3, -0.25) is 0 Å². The quantitative estimate of drug-likeness (QED) is 0.320. The summed E-state index contributed by atoms with van der Waals surface area (Å²) >= 11 is 0. The first-order valence-corrected chi connectivity index (χ1v) is 16.1. The SMILES string of the molecule is CC(O)C1C(C)CC2(C)CC3(C)CC4C(C5CCC(C(O)O)CC5)CCC(C)C4C(O)C3C(C)C2(C)C1O. The van der Waals surface area contributed by atoms with Crippen LogP contribution in [-0.4, -0.2) is 50.1 Å². The van der Waals surface area contributed by atoms with Gasteiger partial charge in [-0.05, 0) is 116 Å². The molecule has 5 aliphatic rings. The van der Waals surface area contributed by atoms with Crippen molar-refractivity contribution in [2.24, 2.45) is 75.4 Å². The molecule has 0 aromatic carbocycles. The van der Waals surface area contributed by atoms with Gasteiger partial charge in [0.15, 0.2) is 6.29 Å². The maximum Gasteiger partial charge on any atom is 0.154 e. The van der Waals surface area contributed by atoms with Gasteiger partial charge in [-0.25, -0.2) is 0 Å². The Morgan fingerprint density at radius 1 is 0.763 bits per heavy atom. The Labute approximate surface area is 231 Å². The van der Waals surface area contributed by atoms with Crippen LogP contribution >= 0.6 is 0 Å². The largest absolute Gasteiger partial charge is 0.393 e. The number of aliphatic hydroxyl groups excluding tert-OH is 4. The fraction of sp³-hybridized carbons (Fsp3) is 1.00. The second-order valence-electron chi connectivity index (χ2n) is 16.2. The Hall–Kier alpha value is -0.200. The molecule has 0 aliphatic heterocycles. The molecule has 0 aromatic heterocycles. The summed E-state index contributed by atoms with van der Waals surface area (Å²) < 4.78 is 0. The van der Waals surface area contributed by atoms with Crippen LogP contribution in [0, 0.1) is 75.4 Å². The van der Waals surface area contributed by atoms with E-state index in [-0.39, 0.29) is 51.9 Å². The molecule has 38 heavy (non-hydrogen) atoms. The maximum absolute atomic E-state index is 12.3. The van der Waals surface area contributed by atoms with Crippen LogP contribution in [0.3, 0.4) is 0 Å². The highest BCUT2D eigenvalue weighted by Gasteiger charge is 2.70. The van der Waals surface area contributed by atoms with Crippen molar-refractivity contribution in [3.05, 3.63) is 0 Å². The fourth-order valence-electron chi connectivity index (χ4n) is 12.5. The minimum absolute atomic E-state index is 0.0189. The van der Waals surface area contributed by atoms with E-state index in [2.05, 4.69) is 41.5 Å². The number of aliphatic hydroxyl groups is 5. The molecule has 5 aliphatic carbocycles. The maximum atomic E-state index is 12.3. The van der Waals surface area contributed by atoms with Crippen molar-refractivity contribution < 1.29 is 25.5 Å². The minimum atomic E-state index is -1.19. The number of hydrogen-bond donors (Lipinski definition) is 5. The summed E-state index contributed by atoms with van der Waals surface area (Å²) in [6, 6.07) is 0. The van der Waals surface area contributed by atoms with E-state index < -0.39 is 18.5 Å². The molecule has 14 atom stereocenters. The van der Waals surface area contributed by atoms with Crippen LogP contribution in [0.5, 0.6) is 0 Å². The van der Waals surface area contributed by atoms with Crippen LogP contribution in [0.15, 0.2) is 0 Å². The molecule has 0 saturated heterocycles. The van der Waals surface area contributed by atoms with Crippen molar-refractivity contribution in [2.45, 2.75) is 131 Å². The average Bonchev–Trinajstić information content (AvgIpc) is 2.81. The highest BCUT2D eigenvalue weighted by Crippen LogP contribution is 2.73. The van der Waals surface area contributed by atoms with Crippen molar-refractivity contribution >= 4 is 0 Å². The van der Waals surface area contributed by atoms with Gasteiger partial charge in [-0.2, -0.15) is 0 Å². The predicted octanol–water partition coefficient (Wildman–Crippen LogP) is 5.22. The topological polar surface area (TPSA) is 101 Å². The third kappa shape index (κ3) is 4.18. The average molecular weight is 535 g/mol. The molecular weight excluding hydrogens is 476 g/mol. The zero-order chi connectivity index (χ0) is 27.9. The summed E-state index contributed by atoms with van der Waals surface area (Å²) in [6.07, 6.45) is 6.93. The van der Waals surface area contributed by atoms with Crippen molar-refractivity contribution in [1.29, 1.82) is 0 Å². The summed E-state index contributed by atoms with van der Waals surface area (Å²) in [5.74, 6) is 3.04. The molecule has 5 rings (SSSR count). The number of rotatable bonds is 3. The lowest BCUT2D eigenvalue weighted by molar-refractivity contribution is -0.280. The smallest absolute Gasteiger partial charge is 0.154 e. The lowest BCUT2D eigenvalue weighted by atomic mass is 9.34. The molecule has 0 amide bonds. The summed E-state index contributed by atoms with van der Waals surface area (Å²) in [4.78, 5) is 0. The van der Waals surface area contributed by atoms with E-state index in [4.69, 9.17) is 0 Å². The molecule has 0 bridgehead atoms. The van der Waals surface area contributed by atoms with Crippen molar-refractivity contribution in [2.75, 3.05) is 0 Å². The van der Waals surface area contributed by atoms with Gasteiger partial charge in [-0.1, -0.05) is 48.0 Å². The van der Waals surface area contributed by atoms with Crippen LogP contribution in [0.4, 0.5) is 0 Å². The van der Waals surface area contributed by atoms with Gasteiger partial charge in [-0.15, -0.1) is 0 Å².